The second-order valence-corrected chi connectivity index (χ2v) is 5.89. The Morgan fingerprint density at radius 1 is 1.00 bits per heavy atom. The fraction of sp³-hybridized carbons (Fsp3) is 0.136. The molecule has 0 saturated heterocycles. The Labute approximate surface area is 164 Å². The van der Waals surface area contributed by atoms with Crippen LogP contribution in [0.2, 0.25) is 0 Å². The van der Waals surface area contributed by atoms with E-state index in [4.69, 9.17) is 4.74 Å². The van der Waals surface area contributed by atoms with Crippen LogP contribution in [-0.4, -0.2) is 23.5 Å². The fourth-order valence-corrected chi connectivity index (χ4v) is 2.47. The molecule has 0 bridgehead atoms. The van der Waals surface area contributed by atoms with Crippen molar-refractivity contribution in [1.82, 2.24) is 10.3 Å². The molecular weight excluding hydrogens is 352 g/mol. The molecule has 3 rings (SSSR count). The van der Waals surface area contributed by atoms with Crippen molar-refractivity contribution in [3.05, 3.63) is 90.3 Å². The van der Waals surface area contributed by atoms with E-state index in [1.54, 1.807) is 18.3 Å². The molecule has 6 heteroatoms. The first-order valence-electron chi connectivity index (χ1n) is 9.05. The fourth-order valence-electron chi connectivity index (χ4n) is 2.47. The Kier molecular flexibility index (Phi) is 6.73. The molecule has 0 aliphatic rings. The minimum absolute atomic E-state index is 0.237. The van der Waals surface area contributed by atoms with Crippen molar-refractivity contribution < 1.29 is 9.53 Å². The lowest BCUT2D eigenvalue weighted by Gasteiger charge is -2.12. The molecule has 2 N–H and O–H groups in total. The Morgan fingerprint density at radius 2 is 1.75 bits per heavy atom. The highest BCUT2D eigenvalue weighted by molar-refractivity contribution is 6.09. The van der Waals surface area contributed by atoms with Gasteiger partial charge in [-0.05, 0) is 55.5 Å². The summed E-state index contributed by atoms with van der Waals surface area (Å²) < 4.78 is 5.46. The standard InChI is InChI=1S/C22H22N4O2/c1-2-28-20-13-11-18(12-14-20)25-22(24-16-19-10-6-7-15-23-19)26-21(27)17-8-4-3-5-9-17/h3-15H,2,16H2,1H3,(H2,24,25,26,27). The zero-order valence-corrected chi connectivity index (χ0v) is 15.6. The predicted molar refractivity (Wildman–Crippen MR) is 111 cm³/mol. The van der Waals surface area contributed by atoms with Gasteiger partial charge in [0.25, 0.3) is 5.91 Å². The molecule has 0 aliphatic heterocycles. The van der Waals surface area contributed by atoms with Crippen molar-refractivity contribution in [1.29, 1.82) is 0 Å². The van der Waals surface area contributed by atoms with Crippen molar-refractivity contribution in [2.45, 2.75) is 13.5 Å². The number of aromatic nitrogens is 1. The van der Waals surface area contributed by atoms with Gasteiger partial charge in [-0.2, -0.15) is 0 Å². The van der Waals surface area contributed by atoms with E-state index < -0.39 is 0 Å². The lowest BCUT2D eigenvalue weighted by molar-refractivity contribution is 0.0977. The Hall–Kier alpha value is -3.67. The molecule has 28 heavy (non-hydrogen) atoms. The highest BCUT2D eigenvalue weighted by atomic mass is 16.5. The van der Waals surface area contributed by atoms with Crippen molar-refractivity contribution in [3.63, 3.8) is 0 Å². The largest absolute Gasteiger partial charge is 0.494 e. The molecule has 0 atom stereocenters. The molecule has 0 saturated carbocycles. The number of ether oxygens (including phenoxy) is 1. The molecule has 1 heterocycles. The number of guanidine groups is 1. The number of nitrogens with one attached hydrogen (secondary N) is 2. The number of amides is 1. The molecule has 0 radical (unpaired) electrons. The summed E-state index contributed by atoms with van der Waals surface area (Å²) in [7, 11) is 0. The average Bonchev–Trinajstić information content (AvgIpc) is 2.75. The Bertz CT molecular complexity index is 910. The third-order valence-electron chi connectivity index (χ3n) is 3.82. The van der Waals surface area contributed by atoms with E-state index in [1.165, 1.54) is 0 Å². The molecule has 0 unspecified atom stereocenters. The van der Waals surface area contributed by atoms with E-state index in [2.05, 4.69) is 20.6 Å². The van der Waals surface area contributed by atoms with Crippen molar-refractivity contribution in [2.75, 3.05) is 11.9 Å². The summed E-state index contributed by atoms with van der Waals surface area (Å²) in [6.07, 6.45) is 1.72. The molecule has 3 aromatic rings. The summed E-state index contributed by atoms with van der Waals surface area (Å²) in [6.45, 7) is 2.89. The number of carbonyl (C=O) groups is 1. The van der Waals surface area contributed by atoms with E-state index in [0.717, 1.165) is 17.1 Å². The van der Waals surface area contributed by atoms with Gasteiger partial charge >= 0.3 is 0 Å². The van der Waals surface area contributed by atoms with Crippen molar-refractivity contribution in [3.8, 4) is 5.75 Å². The first-order valence-corrected chi connectivity index (χ1v) is 9.05. The van der Waals surface area contributed by atoms with Gasteiger partial charge in [-0.1, -0.05) is 24.3 Å². The number of hydrogen-bond donors (Lipinski definition) is 2. The average molecular weight is 374 g/mol. The number of aliphatic imine (C=N–C) groups is 1. The zero-order valence-electron chi connectivity index (χ0n) is 15.6. The Balaban J connectivity index is 1.76. The number of rotatable bonds is 6. The quantitative estimate of drug-likeness (QED) is 0.507. The van der Waals surface area contributed by atoms with Gasteiger partial charge in [0.15, 0.2) is 0 Å². The second kappa shape index (κ2) is 9.87. The van der Waals surface area contributed by atoms with Crippen LogP contribution in [0, 0.1) is 0 Å². The minimum atomic E-state index is -0.237. The van der Waals surface area contributed by atoms with Gasteiger partial charge in [0.05, 0.1) is 18.8 Å². The van der Waals surface area contributed by atoms with Crippen LogP contribution in [0.5, 0.6) is 5.75 Å². The van der Waals surface area contributed by atoms with Gasteiger partial charge in [-0.3, -0.25) is 15.1 Å². The summed E-state index contributed by atoms with van der Waals surface area (Å²) in [6, 6.07) is 22.1. The summed E-state index contributed by atoms with van der Waals surface area (Å²) in [5, 5.41) is 5.99. The van der Waals surface area contributed by atoms with Gasteiger partial charge in [0.1, 0.15) is 5.75 Å². The molecule has 0 spiro atoms. The second-order valence-electron chi connectivity index (χ2n) is 5.89. The van der Waals surface area contributed by atoms with E-state index in [9.17, 15) is 4.79 Å². The number of carbonyl (C=O) groups excluding carboxylic acids is 1. The van der Waals surface area contributed by atoms with Crippen LogP contribution in [0.25, 0.3) is 0 Å². The number of benzene rings is 2. The normalized spacial score (nSPS) is 11.0. The minimum Gasteiger partial charge on any atom is -0.494 e. The molecule has 142 valence electrons. The number of hydrogen-bond acceptors (Lipinski definition) is 4. The summed E-state index contributed by atoms with van der Waals surface area (Å²) in [4.78, 5) is 21.3. The summed E-state index contributed by atoms with van der Waals surface area (Å²) in [5.74, 6) is 0.899. The molecule has 1 aromatic heterocycles. The maximum atomic E-state index is 12.5. The van der Waals surface area contributed by atoms with E-state index in [1.807, 2.05) is 67.6 Å². The molecule has 0 fully saturated rings. The van der Waals surface area contributed by atoms with Crippen LogP contribution >= 0.6 is 0 Å². The van der Waals surface area contributed by atoms with Gasteiger partial charge in [0.2, 0.25) is 5.96 Å². The zero-order chi connectivity index (χ0) is 19.6. The third-order valence-corrected chi connectivity index (χ3v) is 3.82. The molecular formula is C22H22N4O2. The monoisotopic (exact) mass is 374 g/mol. The van der Waals surface area contributed by atoms with Crippen LogP contribution in [-0.2, 0) is 6.54 Å². The van der Waals surface area contributed by atoms with Crippen LogP contribution < -0.4 is 15.4 Å². The highest BCUT2D eigenvalue weighted by Gasteiger charge is 2.09. The number of anilines is 1. The van der Waals surface area contributed by atoms with Gasteiger partial charge < -0.3 is 10.1 Å². The predicted octanol–water partition coefficient (Wildman–Crippen LogP) is 3.88. The maximum absolute atomic E-state index is 12.5. The van der Waals surface area contributed by atoms with Gasteiger partial charge in [-0.15, -0.1) is 0 Å². The van der Waals surface area contributed by atoms with Crippen molar-refractivity contribution >= 4 is 17.6 Å². The van der Waals surface area contributed by atoms with Crippen LogP contribution in [0.1, 0.15) is 23.0 Å². The van der Waals surface area contributed by atoms with Gasteiger partial charge in [-0.25, -0.2) is 4.99 Å². The first-order chi connectivity index (χ1) is 13.7. The molecule has 0 aliphatic carbocycles. The highest BCUT2D eigenvalue weighted by Crippen LogP contribution is 2.15. The van der Waals surface area contributed by atoms with E-state index in [0.29, 0.717) is 24.7 Å². The molecule has 1 amide bonds. The first kappa shape index (κ1) is 19.1. The lowest BCUT2D eigenvalue weighted by atomic mass is 10.2. The van der Waals surface area contributed by atoms with E-state index in [-0.39, 0.29) is 5.91 Å². The third kappa shape index (κ3) is 5.67. The van der Waals surface area contributed by atoms with E-state index >= 15 is 0 Å². The van der Waals surface area contributed by atoms with Crippen LogP contribution in [0.4, 0.5) is 5.69 Å². The SMILES string of the molecule is CCOc1ccc(NC(=NCc2ccccn2)NC(=O)c2ccccc2)cc1. The smallest absolute Gasteiger partial charge is 0.257 e. The van der Waals surface area contributed by atoms with Crippen LogP contribution in [0.15, 0.2) is 84.0 Å². The lowest BCUT2D eigenvalue weighted by Crippen LogP contribution is -2.36. The van der Waals surface area contributed by atoms with Crippen LogP contribution in [0.3, 0.4) is 0 Å². The number of pyridine rings is 1. The summed E-state index contributed by atoms with van der Waals surface area (Å²) in [5.41, 5.74) is 2.15. The maximum Gasteiger partial charge on any atom is 0.257 e. The molecule has 6 nitrogen and oxygen atoms in total. The number of nitrogens with zero attached hydrogens (tertiary/aromatic N) is 2. The van der Waals surface area contributed by atoms with Gasteiger partial charge in [0, 0.05) is 17.4 Å². The summed E-state index contributed by atoms with van der Waals surface area (Å²) >= 11 is 0. The van der Waals surface area contributed by atoms with Crippen molar-refractivity contribution in [2.24, 2.45) is 4.99 Å². The Morgan fingerprint density at radius 3 is 2.43 bits per heavy atom. The topological polar surface area (TPSA) is 75.6 Å². The molecule has 2 aromatic carbocycles.